The number of nitrogens with zero attached hydrogens (tertiary/aromatic N) is 4. The third-order valence-corrected chi connectivity index (χ3v) is 3.12. The summed E-state index contributed by atoms with van der Waals surface area (Å²) in [6.07, 6.45) is 4.15. The third-order valence-electron chi connectivity index (χ3n) is 3.12. The lowest BCUT2D eigenvalue weighted by atomic mass is 10.2. The van der Waals surface area contributed by atoms with Crippen molar-refractivity contribution in [2.45, 2.75) is 26.8 Å². The molecule has 2 aromatic heterocycles. The molecule has 0 spiro atoms. The van der Waals surface area contributed by atoms with E-state index in [4.69, 9.17) is 5.73 Å². The van der Waals surface area contributed by atoms with E-state index >= 15 is 0 Å². The van der Waals surface area contributed by atoms with Gasteiger partial charge in [-0.1, -0.05) is 6.92 Å². The summed E-state index contributed by atoms with van der Waals surface area (Å²) in [5, 5.41) is 7.50. The number of nitrogens with one attached hydrogen (secondary N) is 1. The van der Waals surface area contributed by atoms with Crippen LogP contribution in [-0.2, 0) is 20.0 Å². The quantitative estimate of drug-likeness (QED) is 0.849. The van der Waals surface area contributed by atoms with Gasteiger partial charge in [-0.3, -0.25) is 4.68 Å². The van der Waals surface area contributed by atoms with Gasteiger partial charge in [-0.05, 0) is 13.3 Å². The van der Waals surface area contributed by atoms with Gasteiger partial charge < -0.3 is 11.1 Å². The predicted molar refractivity (Wildman–Crippen MR) is 71.1 cm³/mol. The Morgan fingerprint density at radius 1 is 1.39 bits per heavy atom. The summed E-state index contributed by atoms with van der Waals surface area (Å²) in [5.74, 6) is 1.34. The van der Waals surface area contributed by atoms with Gasteiger partial charge in [0.1, 0.15) is 18.0 Å². The van der Waals surface area contributed by atoms with Gasteiger partial charge in [-0.25, -0.2) is 9.97 Å². The van der Waals surface area contributed by atoms with Gasteiger partial charge >= 0.3 is 0 Å². The van der Waals surface area contributed by atoms with E-state index in [0.29, 0.717) is 12.4 Å². The Kier molecular flexibility index (Phi) is 3.45. The first kappa shape index (κ1) is 12.3. The van der Waals surface area contributed by atoms with Crippen molar-refractivity contribution in [3.63, 3.8) is 0 Å². The summed E-state index contributed by atoms with van der Waals surface area (Å²) in [5.41, 5.74) is 9.08. The van der Waals surface area contributed by atoms with Crippen LogP contribution >= 0.6 is 0 Å². The summed E-state index contributed by atoms with van der Waals surface area (Å²) in [6, 6.07) is 0. The molecule has 6 nitrogen and oxygen atoms in total. The zero-order chi connectivity index (χ0) is 13.1. The first-order valence-corrected chi connectivity index (χ1v) is 5.94. The van der Waals surface area contributed by atoms with E-state index < -0.39 is 0 Å². The minimum atomic E-state index is 0.540. The van der Waals surface area contributed by atoms with Crippen LogP contribution in [0.2, 0.25) is 0 Å². The second-order valence-corrected chi connectivity index (χ2v) is 4.17. The molecule has 3 N–H and O–H groups in total. The number of hydrogen-bond donors (Lipinski definition) is 2. The summed E-state index contributed by atoms with van der Waals surface area (Å²) < 4.78 is 1.85. The molecule has 0 aliphatic rings. The summed E-state index contributed by atoms with van der Waals surface area (Å²) in [7, 11) is 1.93. The molecule has 0 bridgehead atoms. The molecule has 2 aromatic rings. The van der Waals surface area contributed by atoms with Crippen LogP contribution in [0.25, 0.3) is 0 Å². The van der Waals surface area contributed by atoms with Gasteiger partial charge in [0, 0.05) is 30.4 Å². The number of aryl methyl sites for hydroxylation is 1. The SMILES string of the molecule is CCc1c(N)ncnc1NCc1cnn(C)c1C. The van der Waals surface area contributed by atoms with Gasteiger partial charge in [-0.15, -0.1) is 0 Å². The first-order valence-electron chi connectivity index (χ1n) is 5.94. The highest BCUT2D eigenvalue weighted by molar-refractivity contribution is 5.55. The maximum absolute atomic E-state index is 5.83. The largest absolute Gasteiger partial charge is 0.383 e. The average Bonchev–Trinajstić information content (AvgIpc) is 2.68. The molecule has 6 heteroatoms. The van der Waals surface area contributed by atoms with Crippen molar-refractivity contribution >= 4 is 11.6 Å². The van der Waals surface area contributed by atoms with E-state index in [1.54, 1.807) is 0 Å². The molecule has 0 radical (unpaired) electrons. The van der Waals surface area contributed by atoms with Crippen molar-refractivity contribution in [2.24, 2.45) is 7.05 Å². The van der Waals surface area contributed by atoms with Crippen LogP contribution in [-0.4, -0.2) is 19.7 Å². The Morgan fingerprint density at radius 2 is 2.17 bits per heavy atom. The van der Waals surface area contributed by atoms with Gasteiger partial charge in [0.25, 0.3) is 0 Å². The van der Waals surface area contributed by atoms with E-state index in [0.717, 1.165) is 29.1 Å². The number of nitrogens with two attached hydrogens (primary N) is 1. The van der Waals surface area contributed by atoms with Crippen molar-refractivity contribution < 1.29 is 0 Å². The molecule has 0 saturated carbocycles. The van der Waals surface area contributed by atoms with Crippen LogP contribution in [0.4, 0.5) is 11.6 Å². The molecule has 2 rings (SSSR count). The molecule has 0 aliphatic carbocycles. The van der Waals surface area contributed by atoms with Crippen molar-refractivity contribution in [2.75, 3.05) is 11.1 Å². The summed E-state index contributed by atoms with van der Waals surface area (Å²) >= 11 is 0. The molecule has 0 fully saturated rings. The van der Waals surface area contributed by atoms with Gasteiger partial charge in [-0.2, -0.15) is 5.10 Å². The van der Waals surface area contributed by atoms with Crippen LogP contribution in [0, 0.1) is 6.92 Å². The Bertz CT molecular complexity index is 545. The van der Waals surface area contributed by atoms with Crippen LogP contribution in [0.15, 0.2) is 12.5 Å². The smallest absolute Gasteiger partial charge is 0.134 e. The lowest BCUT2D eigenvalue weighted by molar-refractivity contribution is 0.738. The van der Waals surface area contributed by atoms with Gasteiger partial charge in [0.15, 0.2) is 0 Å². The summed E-state index contributed by atoms with van der Waals surface area (Å²) in [6.45, 7) is 4.76. The van der Waals surface area contributed by atoms with E-state index in [-0.39, 0.29) is 0 Å². The van der Waals surface area contributed by atoms with Crippen molar-refractivity contribution in [3.8, 4) is 0 Å². The highest BCUT2D eigenvalue weighted by Gasteiger charge is 2.08. The number of nitrogen functional groups attached to an aromatic ring is 1. The number of aromatic nitrogens is 4. The fourth-order valence-corrected chi connectivity index (χ4v) is 1.82. The number of hydrogen-bond acceptors (Lipinski definition) is 5. The zero-order valence-corrected chi connectivity index (χ0v) is 10.9. The molecule has 0 aliphatic heterocycles. The highest BCUT2D eigenvalue weighted by Crippen LogP contribution is 2.18. The number of anilines is 2. The van der Waals surface area contributed by atoms with Crippen LogP contribution in [0.5, 0.6) is 0 Å². The fourth-order valence-electron chi connectivity index (χ4n) is 1.82. The fraction of sp³-hybridized carbons (Fsp3) is 0.417. The lowest BCUT2D eigenvalue weighted by Gasteiger charge is -2.10. The van der Waals surface area contributed by atoms with E-state index in [9.17, 15) is 0 Å². The molecule has 0 aromatic carbocycles. The normalized spacial score (nSPS) is 10.6. The van der Waals surface area contributed by atoms with E-state index in [1.165, 1.54) is 6.33 Å². The molecule has 0 saturated heterocycles. The molecule has 96 valence electrons. The molecule has 2 heterocycles. The maximum Gasteiger partial charge on any atom is 0.134 e. The standard InChI is InChI=1S/C12H18N6/c1-4-10-11(13)15-7-16-12(10)14-5-9-6-17-18(3)8(9)2/h6-7H,4-5H2,1-3H3,(H3,13,14,15,16). The Labute approximate surface area is 106 Å². The number of rotatable bonds is 4. The Hall–Kier alpha value is -2.11. The Morgan fingerprint density at radius 3 is 2.78 bits per heavy atom. The maximum atomic E-state index is 5.83. The second kappa shape index (κ2) is 5.03. The average molecular weight is 246 g/mol. The molecular formula is C12H18N6. The van der Waals surface area contributed by atoms with Gasteiger partial charge in [0.2, 0.25) is 0 Å². The van der Waals surface area contributed by atoms with Crippen molar-refractivity contribution in [1.29, 1.82) is 0 Å². The highest BCUT2D eigenvalue weighted by atomic mass is 15.3. The third kappa shape index (κ3) is 2.27. The predicted octanol–water partition coefficient (Wildman–Crippen LogP) is 1.28. The van der Waals surface area contributed by atoms with Crippen LogP contribution in [0.1, 0.15) is 23.7 Å². The lowest BCUT2D eigenvalue weighted by Crippen LogP contribution is -2.08. The molecular weight excluding hydrogens is 228 g/mol. The minimum Gasteiger partial charge on any atom is -0.383 e. The van der Waals surface area contributed by atoms with E-state index in [2.05, 4.69) is 20.4 Å². The molecule has 0 atom stereocenters. The topological polar surface area (TPSA) is 81.7 Å². The van der Waals surface area contributed by atoms with E-state index in [1.807, 2.05) is 31.8 Å². The van der Waals surface area contributed by atoms with Gasteiger partial charge in [0.05, 0.1) is 6.20 Å². The Balaban J connectivity index is 2.16. The second-order valence-electron chi connectivity index (χ2n) is 4.17. The van der Waals surface area contributed by atoms with Crippen LogP contribution in [0.3, 0.4) is 0 Å². The van der Waals surface area contributed by atoms with Crippen LogP contribution < -0.4 is 11.1 Å². The molecule has 0 amide bonds. The first-order chi connectivity index (χ1) is 8.63. The van der Waals surface area contributed by atoms with Crippen molar-refractivity contribution in [1.82, 2.24) is 19.7 Å². The zero-order valence-electron chi connectivity index (χ0n) is 10.9. The molecule has 18 heavy (non-hydrogen) atoms. The minimum absolute atomic E-state index is 0.540. The molecule has 0 unspecified atom stereocenters. The summed E-state index contributed by atoms with van der Waals surface area (Å²) in [4.78, 5) is 8.23. The van der Waals surface area contributed by atoms with Crippen molar-refractivity contribution in [3.05, 3.63) is 29.3 Å². The monoisotopic (exact) mass is 246 g/mol.